The number of hydrogen-bond acceptors (Lipinski definition) is 3. The van der Waals surface area contributed by atoms with Crippen LogP contribution in [0.4, 0.5) is 0 Å². The molecule has 0 spiro atoms. The predicted molar refractivity (Wildman–Crippen MR) is 83.0 cm³/mol. The Kier molecular flexibility index (Phi) is 3.91. The average Bonchev–Trinajstić information content (AvgIpc) is 3.01. The Morgan fingerprint density at radius 3 is 2.95 bits per heavy atom. The highest BCUT2D eigenvalue weighted by Crippen LogP contribution is 2.29. The van der Waals surface area contributed by atoms with Crippen LogP contribution < -0.4 is 10.1 Å². The number of nitrogens with one attached hydrogen (secondary N) is 1. The number of ether oxygens (including phenoxy) is 1. The van der Waals surface area contributed by atoms with Crippen molar-refractivity contribution in [2.75, 3.05) is 6.54 Å². The first-order valence-electron chi connectivity index (χ1n) is 6.45. The molecular formula is C15H16BrNOS. The van der Waals surface area contributed by atoms with E-state index in [1.54, 1.807) is 11.3 Å². The first-order chi connectivity index (χ1) is 9.22. The van der Waals surface area contributed by atoms with Crippen molar-refractivity contribution in [1.82, 2.24) is 5.32 Å². The Morgan fingerprint density at radius 2 is 2.21 bits per heavy atom. The Hall–Kier alpha value is -0.840. The monoisotopic (exact) mass is 337 g/mol. The van der Waals surface area contributed by atoms with Crippen LogP contribution in [0.15, 0.2) is 40.2 Å². The van der Waals surface area contributed by atoms with Crippen molar-refractivity contribution in [2.45, 2.75) is 25.5 Å². The summed E-state index contributed by atoms with van der Waals surface area (Å²) in [6, 6.07) is 12.9. The summed E-state index contributed by atoms with van der Waals surface area (Å²) in [5, 5.41) is 3.55. The van der Waals surface area contributed by atoms with Gasteiger partial charge in [-0.2, -0.15) is 0 Å². The topological polar surface area (TPSA) is 21.3 Å². The van der Waals surface area contributed by atoms with E-state index in [0.717, 1.165) is 18.7 Å². The molecule has 0 saturated carbocycles. The lowest BCUT2D eigenvalue weighted by atomic mass is 10.1. The lowest BCUT2D eigenvalue weighted by Gasteiger charge is -2.16. The third-order valence-electron chi connectivity index (χ3n) is 3.39. The van der Waals surface area contributed by atoms with Crippen molar-refractivity contribution >= 4 is 27.3 Å². The van der Waals surface area contributed by atoms with Gasteiger partial charge in [-0.15, -0.1) is 11.3 Å². The van der Waals surface area contributed by atoms with E-state index in [9.17, 15) is 0 Å². The first-order valence-corrected chi connectivity index (χ1v) is 8.06. The van der Waals surface area contributed by atoms with Crippen molar-refractivity contribution in [3.63, 3.8) is 0 Å². The van der Waals surface area contributed by atoms with E-state index >= 15 is 0 Å². The summed E-state index contributed by atoms with van der Waals surface area (Å²) in [5.74, 6) is 1.04. The van der Waals surface area contributed by atoms with Gasteiger partial charge in [0, 0.05) is 23.9 Å². The summed E-state index contributed by atoms with van der Waals surface area (Å²) in [6.45, 7) is 3.08. The lowest BCUT2D eigenvalue weighted by molar-refractivity contribution is 0.223. The number of halogens is 1. The van der Waals surface area contributed by atoms with Gasteiger partial charge in [-0.25, -0.2) is 0 Å². The molecule has 0 radical (unpaired) electrons. The van der Waals surface area contributed by atoms with Crippen molar-refractivity contribution in [2.24, 2.45) is 0 Å². The number of thiophene rings is 1. The molecular weight excluding hydrogens is 322 g/mol. The first kappa shape index (κ1) is 13.2. The smallest absolute Gasteiger partial charge is 0.123 e. The number of fused-ring (bicyclic) bond motifs is 1. The molecule has 1 N–H and O–H groups in total. The largest absolute Gasteiger partial charge is 0.488 e. The van der Waals surface area contributed by atoms with Crippen molar-refractivity contribution in [3.8, 4) is 5.75 Å². The molecule has 2 atom stereocenters. The van der Waals surface area contributed by atoms with Crippen LogP contribution in [0.3, 0.4) is 0 Å². The SMILES string of the molecule is CC(NCC1Cc2ccccc2O1)c1ccc(Br)s1. The lowest BCUT2D eigenvalue weighted by Crippen LogP contribution is -2.31. The Morgan fingerprint density at radius 1 is 1.37 bits per heavy atom. The molecule has 2 unspecified atom stereocenters. The van der Waals surface area contributed by atoms with Gasteiger partial charge in [0.05, 0.1) is 3.79 Å². The molecule has 0 aliphatic carbocycles. The van der Waals surface area contributed by atoms with Crippen LogP contribution >= 0.6 is 27.3 Å². The molecule has 100 valence electrons. The van der Waals surface area contributed by atoms with E-state index in [0.29, 0.717) is 6.04 Å². The average molecular weight is 338 g/mol. The minimum absolute atomic E-state index is 0.253. The van der Waals surface area contributed by atoms with E-state index in [4.69, 9.17) is 4.74 Å². The highest BCUT2D eigenvalue weighted by Gasteiger charge is 2.22. The Bertz CT molecular complexity index is 544. The molecule has 1 aliphatic rings. The van der Waals surface area contributed by atoms with Crippen molar-refractivity contribution in [1.29, 1.82) is 0 Å². The molecule has 0 amide bonds. The third-order valence-corrected chi connectivity index (χ3v) is 5.19. The zero-order valence-corrected chi connectivity index (χ0v) is 13.1. The summed E-state index contributed by atoms with van der Waals surface area (Å²) < 4.78 is 7.11. The molecule has 0 fully saturated rings. The second-order valence-electron chi connectivity index (χ2n) is 4.82. The van der Waals surface area contributed by atoms with Gasteiger partial charge in [0.15, 0.2) is 0 Å². The molecule has 2 aromatic rings. The zero-order chi connectivity index (χ0) is 13.2. The van der Waals surface area contributed by atoms with Gasteiger partial charge in [-0.05, 0) is 46.6 Å². The minimum Gasteiger partial charge on any atom is -0.488 e. The molecule has 3 rings (SSSR count). The summed E-state index contributed by atoms with van der Waals surface area (Å²) in [6.07, 6.45) is 1.26. The van der Waals surface area contributed by atoms with E-state index in [1.807, 2.05) is 6.07 Å². The van der Waals surface area contributed by atoms with E-state index in [-0.39, 0.29) is 6.10 Å². The van der Waals surface area contributed by atoms with Crippen LogP contribution in [0, 0.1) is 0 Å². The van der Waals surface area contributed by atoms with Crippen LogP contribution in [0.1, 0.15) is 23.4 Å². The molecule has 0 bridgehead atoms. The van der Waals surface area contributed by atoms with Crippen molar-refractivity contribution in [3.05, 3.63) is 50.6 Å². The molecule has 1 aromatic heterocycles. The van der Waals surface area contributed by atoms with Gasteiger partial charge in [0.2, 0.25) is 0 Å². The molecule has 0 saturated heterocycles. The third kappa shape index (κ3) is 3.02. The molecule has 1 aromatic carbocycles. The molecule has 4 heteroatoms. The van der Waals surface area contributed by atoms with E-state index < -0.39 is 0 Å². The van der Waals surface area contributed by atoms with Crippen LogP contribution in [-0.4, -0.2) is 12.6 Å². The minimum atomic E-state index is 0.253. The van der Waals surface area contributed by atoms with Gasteiger partial charge in [-0.1, -0.05) is 18.2 Å². The maximum Gasteiger partial charge on any atom is 0.123 e. The van der Waals surface area contributed by atoms with Gasteiger partial charge in [0.1, 0.15) is 11.9 Å². The maximum atomic E-state index is 5.93. The number of para-hydroxylation sites is 1. The highest BCUT2D eigenvalue weighted by atomic mass is 79.9. The van der Waals surface area contributed by atoms with Gasteiger partial charge >= 0.3 is 0 Å². The van der Waals surface area contributed by atoms with Crippen LogP contribution in [-0.2, 0) is 6.42 Å². The fourth-order valence-electron chi connectivity index (χ4n) is 2.34. The van der Waals surface area contributed by atoms with Crippen LogP contribution in [0.5, 0.6) is 5.75 Å². The van der Waals surface area contributed by atoms with Crippen LogP contribution in [0.2, 0.25) is 0 Å². The van der Waals surface area contributed by atoms with Crippen LogP contribution in [0.25, 0.3) is 0 Å². The molecule has 2 heterocycles. The normalized spacial score (nSPS) is 18.9. The summed E-state index contributed by atoms with van der Waals surface area (Å²) in [4.78, 5) is 1.35. The Balaban J connectivity index is 1.54. The van der Waals surface area contributed by atoms with E-state index in [2.05, 4.69) is 58.5 Å². The van der Waals surface area contributed by atoms with Gasteiger partial charge < -0.3 is 10.1 Å². The number of rotatable bonds is 4. The second kappa shape index (κ2) is 5.65. The molecule has 1 aliphatic heterocycles. The number of benzene rings is 1. The predicted octanol–water partition coefficient (Wildman–Crippen LogP) is 4.16. The summed E-state index contributed by atoms with van der Waals surface area (Å²) >= 11 is 5.28. The summed E-state index contributed by atoms with van der Waals surface area (Å²) in [5.41, 5.74) is 1.32. The maximum absolute atomic E-state index is 5.93. The van der Waals surface area contributed by atoms with E-state index in [1.165, 1.54) is 14.2 Å². The fourth-order valence-corrected chi connectivity index (χ4v) is 3.79. The quantitative estimate of drug-likeness (QED) is 0.904. The zero-order valence-electron chi connectivity index (χ0n) is 10.7. The standard InChI is InChI=1S/C15H16BrNOS/c1-10(14-6-7-15(16)19-14)17-9-12-8-11-4-2-3-5-13(11)18-12/h2-7,10,12,17H,8-9H2,1H3. The Labute approximate surface area is 125 Å². The highest BCUT2D eigenvalue weighted by molar-refractivity contribution is 9.11. The van der Waals surface area contributed by atoms with Gasteiger partial charge in [-0.3, -0.25) is 0 Å². The molecule has 19 heavy (non-hydrogen) atoms. The summed E-state index contributed by atoms with van der Waals surface area (Å²) in [7, 11) is 0. The number of hydrogen-bond donors (Lipinski definition) is 1. The fraction of sp³-hybridized carbons (Fsp3) is 0.333. The second-order valence-corrected chi connectivity index (χ2v) is 7.32. The van der Waals surface area contributed by atoms with Gasteiger partial charge in [0.25, 0.3) is 0 Å². The van der Waals surface area contributed by atoms with Crippen molar-refractivity contribution < 1.29 is 4.74 Å². The molecule has 2 nitrogen and oxygen atoms in total.